The maximum Gasteiger partial charge on any atom is 0.271 e. The summed E-state index contributed by atoms with van der Waals surface area (Å²) in [7, 11) is 0. The van der Waals surface area contributed by atoms with E-state index in [0.717, 1.165) is 38.0 Å². The number of rotatable bonds is 5. The van der Waals surface area contributed by atoms with Gasteiger partial charge in [0.2, 0.25) is 0 Å². The molecule has 1 aromatic heterocycles. The number of hydrogen-bond donors (Lipinski definition) is 2. The fraction of sp³-hybridized carbons (Fsp3) is 0.389. The Morgan fingerprint density at radius 3 is 3.04 bits per heavy atom. The average Bonchev–Trinajstić information content (AvgIpc) is 2.61. The number of carbonyl (C=O) groups excluding carboxylic acids is 1. The van der Waals surface area contributed by atoms with E-state index in [1.54, 1.807) is 30.5 Å². The molecule has 0 unspecified atom stereocenters. The summed E-state index contributed by atoms with van der Waals surface area (Å²) < 4.78 is 0. The second-order valence-electron chi connectivity index (χ2n) is 6.23. The fourth-order valence-corrected chi connectivity index (χ4v) is 3.12. The lowest BCUT2D eigenvalue weighted by Gasteiger charge is -2.32. The van der Waals surface area contributed by atoms with Crippen molar-refractivity contribution < 1.29 is 9.90 Å². The second kappa shape index (κ2) is 7.88. The number of amides is 1. The Morgan fingerprint density at radius 2 is 2.25 bits per heavy atom. The summed E-state index contributed by atoms with van der Waals surface area (Å²) in [5, 5.41) is 20.1. The number of aromatic hydroxyl groups is 1. The number of nitrogens with zero attached hydrogens (tertiary/aromatic N) is 3. The van der Waals surface area contributed by atoms with Gasteiger partial charge in [0.1, 0.15) is 5.75 Å². The Labute approximate surface area is 141 Å². The number of phenolic OH excluding ortho intramolecular Hbond substituents is 1. The highest BCUT2D eigenvalue weighted by atomic mass is 16.3. The molecular formula is C18H22N4O2. The van der Waals surface area contributed by atoms with E-state index in [0.29, 0.717) is 23.9 Å². The standard InChI is InChI=1S/C18H22N4O2/c23-16-6-1-4-14(10-16)12-22-9-3-5-15(13-22)11-19-18(24)17-7-2-8-20-21-17/h1-2,4,6-8,10,15,23H,3,5,9,11-13H2,(H,19,24)/t15-/m0/s1. The van der Waals surface area contributed by atoms with Crippen LogP contribution in [0.3, 0.4) is 0 Å². The Kier molecular flexibility index (Phi) is 5.38. The third-order valence-corrected chi connectivity index (χ3v) is 4.28. The van der Waals surface area contributed by atoms with Crippen LogP contribution in [0.15, 0.2) is 42.6 Å². The Balaban J connectivity index is 1.49. The molecule has 1 aliphatic heterocycles. The molecule has 1 atom stereocenters. The first-order valence-electron chi connectivity index (χ1n) is 8.27. The van der Waals surface area contributed by atoms with Crippen LogP contribution in [0.25, 0.3) is 0 Å². The molecule has 24 heavy (non-hydrogen) atoms. The van der Waals surface area contributed by atoms with Gasteiger partial charge in [0.05, 0.1) is 0 Å². The first-order chi connectivity index (χ1) is 11.7. The molecule has 1 aliphatic rings. The molecule has 126 valence electrons. The van der Waals surface area contributed by atoms with Gasteiger partial charge in [0, 0.05) is 25.8 Å². The molecule has 2 aromatic rings. The van der Waals surface area contributed by atoms with E-state index in [4.69, 9.17) is 0 Å². The predicted molar refractivity (Wildman–Crippen MR) is 90.5 cm³/mol. The first-order valence-corrected chi connectivity index (χ1v) is 8.27. The lowest BCUT2D eigenvalue weighted by atomic mass is 9.97. The zero-order valence-corrected chi connectivity index (χ0v) is 13.6. The first kappa shape index (κ1) is 16.4. The van der Waals surface area contributed by atoms with E-state index in [2.05, 4.69) is 20.4 Å². The molecule has 0 bridgehead atoms. The maximum absolute atomic E-state index is 12.0. The van der Waals surface area contributed by atoms with Crippen molar-refractivity contribution in [3.63, 3.8) is 0 Å². The van der Waals surface area contributed by atoms with Crippen molar-refractivity contribution in [3.8, 4) is 5.75 Å². The van der Waals surface area contributed by atoms with Crippen molar-refractivity contribution in [2.45, 2.75) is 19.4 Å². The molecular weight excluding hydrogens is 304 g/mol. The molecule has 6 nitrogen and oxygen atoms in total. The minimum Gasteiger partial charge on any atom is -0.508 e. The van der Waals surface area contributed by atoms with Crippen molar-refractivity contribution >= 4 is 5.91 Å². The molecule has 6 heteroatoms. The van der Waals surface area contributed by atoms with Crippen molar-refractivity contribution in [3.05, 3.63) is 53.9 Å². The number of hydrogen-bond acceptors (Lipinski definition) is 5. The molecule has 2 heterocycles. The van der Waals surface area contributed by atoms with Gasteiger partial charge in [0.25, 0.3) is 5.91 Å². The number of carbonyl (C=O) groups is 1. The van der Waals surface area contributed by atoms with Crippen LogP contribution in [0.5, 0.6) is 5.75 Å². The van der Waals surface area contributed by atoms with Gasteiger partial charge in [-0.05, 0) is 55.1 Å². The summed E-state index contributed by atoms with van der Waals surface area (Å²) in [5.41, 5.74) is 1.46. The van der Waals surface area contributed by atoms with Gasteiger partial charge in [-0.25, -0.2) is 0 Å². The van der Waals surface area contributed by atoms with E-state index in [1.807, 2.05) is 12.1 Å². The van der Waals surface area contributed by atoms with Gasteiger partial charge in [-0.1, -0.05) is 12.1 Å². The number of phenols is 1. The Hall–Kier alpha value is -2.47. The highest BCUT2D eigenvalue weighted by Crippen LogP contribution is 2.19. The van der Waals surface area contributed by atoms with Gasteiger partial charge in [0.15, 0.2) is 5.69 Å². The summed E-state index contributed by atoms with van der Waals surface area (Å²) in [4.78, 5) is 14.4. The normalized spacial score (nSPS) is 18.2. The Bertz CT molecular complexity index is 678. The van der Waals surface area contributed by atoms with Crippen LogP contribution >= 0.6 is 0 Å². The van der Waals surface area contributed by atoms with Crippen LogP contribution in [0.2, 0.25) is 0 Å². The zero-order chi connectivity index (χ0) is 16.8. The molecule has 1 saturated heterocycles. The number of benzene rings is 1. The fourth-order valence-electron chi connectivity index (χ4n) is 3.12. The monoisotopic (exact) mass is 326 g/mol. The molecule has 1 fully saturated rings. The van der Waals surface area contributed by atoms with Crippen LogP contribution in [0.1, 0.15) is 28.9 Å². The molecule has 0 saturated carbocycles. The van der Waals surface area contributed by atoms with Crippen molar-refractivity contribution in [1.82, 2.24) is 20.4 Å². The third kappa shape index (κ3) is 4.52. The van der Waals surface area contributed by atoms with Crippen LogP contribution in [-0.4, -0.2) is 45.7 Å². The summed E-state index contributed by atoms with van der Waals surface area (Å²) in [6.45, 7) is 3.45. The van der Waals surface area contributed by atoms with Crippen molar-refractivity contribution in [2.24, 2.45) is 5.92 Å². The number of likely N-dealkylation sites (tertiary alicyclic amines) is 1. The van der Waals surface area contributed by atoms with Gasteiger partial charge >= 0.3 is 0 Å². The van der Waals surface area contributed by atoms with Crippen LogP contribution in [0.4, 0.5) is 0 Å². The molecule has 3 rings (SSSR count). The van der Waals surface area contributed by atoms with E-state index < -0.39 is 0 Å². The molecule has 1 aromatic carbocycles. The quantitative estimate of drug-likeness (QED) is 0.876. The topological polar surface area (TPSA) is 78.4 Å². The molecule has 0 aliphatic carbocycles. The Morgan fingerprint density at radius 1 is 1.33 bits per heavy atom. The highest BCUT2D eigenvalue weighted by molar-refractivity contribution is 5.91. The lowest BCUT2D eigenvalue weighted by Crippen LogP contribution is -2.40. The molecule has 2 N–H and O–H groups in total. The molecule has 1 amide bonds. The third-order valence-electron chi connectivity index (χ3n) is 4.28. The van der Waals surface area contributed by atoms with Gasteiger partial charge < -0.3 is 10.4 Å². The average molecular weight is 326 g/mol. The van der Waals surface area contributed by atoms with Gasteiger partial charge in [-0.15, -0.1) is 5.10 Å². The van der Waals surface area contributed by atoms with Crippen molar-refractivity contribution in [1.29, 1.82) is 0 Å². The number of piperidine rings is 1. The van der Waals surface area contributed by atoms with E-state index >= 15 is 0 Å². The molecule has 0 radical (unpaired) electrons. The largest absolute Gasteiger partial charge is 0.508 e. The highest BCUT2D eigenvalue weighted by Gasteiger charge is 2.21. The predicted octanol–water partition coefficient (Wildman–Crippen LogP) is 1.82. The summed E-state index contributed by atoms with van der Waals surface area (Å²) >= 11 is 0. The zero-order valence-electron chi connectivity index (χ0n) is 13.6. The summed E-state index contributed by atoms with van der Waals surface area (Å²) in [6, 6.07) is 10.8. The van der Waals surface area contributed by atoms with E-state index in [1.165, 1.54) is 0 Å². The summed E-state index contributed by atoms with van der Waals surface area (Å²) in [6.07, 6.45) is 3.78. The smallest absolute Gasteiger partial charge is 0.271 e. The van der Waals surface area contributed by atoms with Gasteiger partial charge in [-0.2, -0.15) is 5.10 Å². The van der Waals surface area contributed by atoms with Crippen LogP contribution in [-0.2, 0) is 6.54 Å². The van der Waals surface area contributed by atoms with Crippen molar-refractivity contribution in [2.75, 3.05) is 19.6 Å². The molecule has 0 spiro atoms. The van der Waals surface area contributed by atoms with Gasteiger partial charge in [-0.3, -0.25) is 9.69 Å². The lowest BCUT2D eigenvalue weighted by molar-refractivity contribution is 0.0924. The SMILES string of the molecule is O=C(NC[C@@H]1CCCN(Cc2cccc(O)c2)C1)c1cccnn1. The number of nitrogens with one attached hydrogen (secondary N) is 1. The number of aromatic nitrogens is 2. The van der Waals surface area contributed by atoms with Crippen LogP contribution < -0.4 is 5.32 Å². The summed E-state index contributed by atoms with van der Waals surface area (Å²) in [5.74, 6) is 0.558. The maximum atomic E-state index is 12.0. The second-order valence-corrected chi connectivity index (χ2v) is 6.23. The minimum absolute atomic E-state index is 0.173. The minimum atomic E-state index is -0.173. The van der Waals surface area contributed by atoms with Crippen LogP contribution in [0, 0.1) is 5.92 Å². The van der Waals surface area contributed by atoms with E-state index in [9.17, 15) is 9.90 Å². The van der Waals surface area contributed by atoms with E-state index in [-0.39, 0.29) is 5.91 Å².